The number of nitrogens with zero attached hydrogens (tertiary/aromatic N) is 1. The van der Waals surface area contributed by atoms with Crippen LogP contribution < -0.4 is 4.90 Å². The van der Waals surface area contributed by atoms with Gasteiger partial charge in [-0.15, -0.1) is 0 Å². The Hall–Kier alpha value is -1.58. The lowest BCUT2D eigenvalue weighted by molar-refractivity contribution is 0.0696. The van der Waals surface area contributed by atoms with Gasteiger partial charge in [0.1, 0.15) is 5.82 Å². The van der Waals surface area contributed by atoms with Crippen molar-refractivity contribution in [3.63, 3.8) is 0 Å². The maximum absolute atomic E-state index is 14.0. The Balaban J connectivity index is 2.15. The lowest BCUT2D eigenvalue weighted by Gasteiger charge is -2.35. The molecular formula is C15H20FNO2. The molecule has 3 nitrogen and oxygen atoms in total. The summed E-state index contributed by atoms with van der Waals surface area (Å²) in [4.78, 5) is 12.7. The monoisotopic (exact) mass is 265 g/mol. The van der Waals surface area contributed by atoms with Crippen LogP contribution in [0.2, 0.25) is 0 Å². The van der Waals surface area contributed by atoms with Gasteiger partial charge in [-0.25, -0.2) is 9.18 Å². The second-order valence-electron chi connectivity index (χ2n) is 5.50. The number of carboxylic acids is 1. The fourth-order valence-electron chi connectivity index (χ4n) is 2.75. The van der Waals surface area contributed by atoms with E-state index in [1.54, 1.807) is 6.07 Å². The maximum Gasteiger partial charge on any atom is 0.335 e. The third kappa shape index (κ3) is 3.06. The lowest BCUT2D eigenvalue weighted by Crippen LogP contribution is -2.35. The van der Waals surface area contributed by atoms with Crippen molar-refractivity contribution in [2.24, 2.45) is 5.92 Å². The molecule has 19 heavy (non-hydrogen) atoms. The molecule has 2 rings (SSSR count). The minimum absolute atomic E-state index is 0.00748. The van der Waals surface area contributed by atoms with Crippen LogP contribution in [0.5, 0.6) is 0 Å². The normalized spacial score (nSPS) is 23.1. The predicted molar refractivity (Wildman–Crippen MR) is 73.2 cm³/mol. The van der Waals surface area contributed by atoms with Crippen LogP contribution >= 0.6 is 0 Å². The number of carbonyl (C=O) groups is 1. The first-order valence-corrected chi connectivity index (χ1v) is 6.74. The summed E-state index contributed by atoms with van der Waals surface area (Å²) in [5, 5.41) is 8.84. The maximum atomic E-state index is 14.0. The molecule has 1 aromatic rings. The van der Waals surface area contributed by atoms with E-state index in [0.29, 0.717) is 11.7 Å². The van der Waals surface area contributed by atoms with Gasteiger partial charge in [-0.1, -0.05) is 6.92 Å². The zero-order valence-electron chi connectivity index (χ0n) is 11.4. The van der Waals surface area contributed by atoms with E-state index < -0.39 is 11.8 Å². The smallest absolute Gasteiger partial charge is 0.335 e. The molecular weight excluding hydrogens is 245 g/mol. The van der Waals surface area contributed by atoms with Crippen molar-refractivity contribution in [2.75, 3.05) is 11.9 Å². The highest BCUT2D eigenvalue weighted by atomic mass is 19.1. The second-order valence-corrected chi connectivity index (χ2v) is 5.50. The molecule has 1 saturated carbocycles. The van der Waals surface area contributed by atoms with Gasteiger partial charge in [-0.2, -0.15) is 0 Å². The molecule has 0 spiro atoms. The van der Waals surface area contributed by atoms with Gasteiger partial charge in [0, 0.05) is 13.1 Å². The summed E-state index contributed by atoms with van der Waals surface area (Å²) < 4.78 is 14.0. The summed E-state index contributed by atoms with van der Waals surface area (Å²) >= 11 is 0. The van der Waals surface area contributed by atoms with Gasteiger partial charge in [-0.05, 0) is 49.8 Å². The Kier molecular flexibility index (Phi) is 4.08. The van der Waals surface area contributed by atoms with Crippen LogP contribution in [-0.4, -0.2) is 24.2 Å². The molecule has 1 aliphatic rings. The molecule has 0 atom stereocenters. The van der Waals surface area contributed by atoms with Crippen LogP contribution in [0.3, 0.4) is 0 Å². The second kappa shape index (κ2) is 5.59. The lowest BCUT2D eigenvalue weighted by atomic mass is 9.86. The first-order valence-electron chi connectivity index (χ1n) is 6.74. The summed E-state index contributed by atoms with van der Waals surface area (Å²) in [6, 6.07) is 4.47. The van der Waals surface area contributed by atoms with Crippen LogP contribution in [0, 0.1) is 11.7 Å². The van der Waals surface area contributed by atoms with Crippen LogP contribution in [-0.2, 0) is 0 Å². The number of aromatic carboxylic acids is 1. The Labute approximate surface area is 113 Å². The molecule has 0 amide bonds. The highest BCUT2D eigenvalue weighted by Gasteiger charge is 2.23. The van der Waals surface area contributed by atoms with Crippen molar-refractivity contribution in [3.8, 4) is 0 Å². The van der Waals surface area contributed by atoms with E-state index in [4.69, 9.17) is 5.11 Å². The SMILES string of the molecule is CC1CCC(N(C)c2ccc(C(=O)O)cc2F)CC1. The average molecular weight is 265 g/mol. The summed E-state index contributed by atoms with van der Waals surface area (Å²) in [5.74, 6) is -0.801. The molecule has 104 valence electrons. The number of anilines is 1. The van der Waals surface area contributed by atoms with Crippen molar-refractivity contribution in [1.82, 2.24) is 0 Å². The van der Waals surface area contributed by atoms with Gasteiger partial charge in [0.05, 0.1) is 11.3 Å². The average Bonchev–Trinajstić information content (AvgIpc) is 2.38. The van der Waals surface area contributed by atoms with Crippen molar-refractivity contribution < 1.29 is 14.3 Å². The number of halogens is 1. The largest absolute Gasteiger partial charge is 0.478 e. The molecule has 0 bridgehead atoms. The fourth-order valence-corrected chi connectivity index (χ4v) is 2.75. The van der Waals surface area contributed by atoms with Gasteiger partial charge in [0.2, 0.25) is 0 Å². The van der Waals surface area contributed by atoms with Crippen molar-refractivity contribution in [3.05, 3.63) is 29.6 Å². The molecule has 0 aliphatic heterocycles. The molecule has 4 heteroatoms. The summed E-state index contributed by atoms with van der Waals surface area (Å²) in [6.07, 6.45) is 4.48. The summed E-state index contributed by atoms with van der Waals surface area (Å²) in [5.41, 5.74) is 0.483. The van der Waals surface area contributed by atoms with E-state index in [-0.39, 0.29) is 5.56 Å². The van der Waals surface area contributed by atoms with Gasteiger partial charge in [0.25, 0.3) is 0 Å². The highest BCUT2D eigenvalue weighted by Crippen LogP contribution is 2.30. The molecule has 0 saturated heterocycles. The van der Waals surface area contributed by atoms with Gasteiger partial charge >= 0.3 is 5.97 Å². The van der Waals surface area contributed by atoms with Gasteiger partial charge in [-0.3, -0.25) is 0 Å². The minimum Gasteiger partial charge on any atom is -0.478 e. The molecule has 1 N–H and O–H groups in total. The number of hydrogen-bond donors (Lipinski definition) is 1. The molecule has 0 unspecified atom stereocenters. The number of rotatable bonds is 3. The zero-order chi connectivity index (χ0) is 14.0. The molecule has 1 aliphatic carbocycles. The van der Waals surface area contributed by atoms with Crippen molar-refractivity contribution >= 4 is 11.7 Å². The first-order chi connectivity index (χ1) is 8.99. The topological polar surface area (TPSA) is 40.5 Å². The number of carboxylic acid groups (broad SMARTS) is 1. The van der Waals surface area contributed by atoms with E-state index in [2.05, 4.69) is 6.92 Å². The van der Waals surface area contributed by atoms with E-state index in [9.17, 15) is 9.18 Å². The summed E-state index contributed by atoms with van der Waals surface area (Å²) in [7, 11) is 1.89. The Morgan fingerprint density at radius 2 is 1.95 bits per heavy atom. The fraction of sp³-hybridized carbons (Fsp3) is 0.533. The standard InChI is InChI=1S/C15H20FNO2/c1-10-3-6-12(7-4-10)17(2)14-8-5-11(15(18)19)9-13(14)16/h5,8-10,12H,3-4,6-7H2,1-2H3,(H,18,19). The molecule has 1 aromatic carbocycles. The number of hydrogen-bond acceptors (Lipinski definition) is 2. The number of benzene rings is 1. The third-order valence-corrected chi connectivity index (χ3v) is 4.11. The van der Waals surface area contributed by atoms with Crippen LogP contribution in [0.4, 0.5) is 10.1 Å². The molecule has 0 aromatic heterocycles. The quantitative estimate of drug-likeness (QED) is 0.908. The van der Waals surface area contributed by atoms with E-state index in [1.165, 1.54) is 18.9 Å². The Morgan fingerprint density at radius 3 is 2.47 bits per heavy atom. The third-order valence-electron chi connectivity index (χ3n) is 4.11. The van der Waals surface area contributed by atoms with Crippen molar-refractivity contribution in [2.45, 2.75) is 38.6 Å². The molecule has 0 radical (unpaired) electrons. The van der Waals surface area contributed by atoms with E-state index >= 15 is 0 Å². The zero-order valence-corrected chi connectivity index (χ0v) is 11.4. The Morgan fingerprint density at radius 1 is 1.32 bits per heavy atom. The molecule has 0 heterocycles. The van der Waals surface area contributed by atoms with Gasteiger partial charge in [0.15, 0.2) is 0 Å². The molecule has 1 fully saturated rings. The highest BCUT2D eigenvalue weighted by molar-refractivity contribution is 5.88. The predicted octanol–water partition coefficient (Wildman–Crippen LogP) is 3.54. The summed E-state index contributed by atoms with van der Waals surface area (Å²) in [6.45, 7) is 2.25. The van der Waals surface area contributed by atoms with Crippen molar-refractivity contribution in [1.29, 1.82) is 0 Å². The van der Waals surface area contributed by atoms with Crippen LogP contribution in [0.1, 0.15) is 43.0 Å². The van der Waals surface area contributed by atoms with Gasteiger partial charge < -0.3 is 10.0 Å². The van der Waals surface area contributed by atoms with Crippen LogP contribution in [0.15, 0.2) is 18.2 Å². The first kappa shape index (κ1) is 13.8. The minimum atomic E-state index is -1.10. The Bertz CT molecular complexity index is 467. The van der Waals surface area contributed by atoms with E-state index in [0.717, 1.165) is 24.8 Å². The van der Waals surface area contributed by atoms with Crippen LogP contribution in [0.25, 0.3) is 0 Å². The van der Waals surface area contributed by atoms with E-state index in [1.807, 2.05) is 11.9 Å².